The molecule has 11 heteroatoms. The maximum absolute atomic E-state index is 12.0. The number of unbranched alkanes of at least 4 members (excludes halogenated alkanes) is 1. The lowest BCUT2D eigenvalue weighted by Crippen LogP contribution is -2.40. The van der Waals surface area contributed by atoms with Gasteiger partial charge >= 0.3 is 5.97 Å². The van der Waals surface area contributed by atoms with Crippen molar-refractivity contribution >= 4 is 48.4 Å². The van der Waals surface area contributed by atoms with Crippen molar-refractivity contribution in [1.29, 1.82) is 0 Å². The fraction of sp³-hybridized carbons (Fsp3) is 0.632. The third-order valence-electron chi connectivity index (χ3n) is 4.01. The highest BCUT2D eigenvalue weighted by atomic mass is 32.4. The molecule has 0 spiro atoms. The van der Waals surface area contributed by atoms with Crippen molar-refractivity contribution in [3.63, 3.8) is 0 Å². The lowest BCUT2D eigenvalue weighted by Gasteiger charge is -2.21. The predicted octanol–water partition coefficient (Wildman–Crippen LogP) is 0.823. The number of carbonyl (C=O) groups excluding carboxylic acids is 5. The average Bonchev–Trinajstić information content (AvgIpc) is 2.97. The predicted molar refractivity (Wildman–Crippen MR) is 114 cm³/mol. The van der Waals surface area contributed by atoms with Crippen LogP contribution in [-0.2, 0) is 40.5 Å². The van der Waals surface area contributed by atoms with E-state index in [9.17, 15) is 24.0 Å². The molecule has 0 radical (unpaired) electrons. The molecule has 0 aromatic rings. The first-order valence-electron chi connectivity index (χ1n) is 9.66. The van der Waals surface area contributed by atoms with E-state index in [1.165, 1.54) is 12.2 Å². The SMILES string of the molecule is CC(C)(C)OC(=O)CN[C@@H](CCCCNC(=O)CCN1C(=O)C=CC1=O)C(=O)P=S. The second kappa shape index (κ2) is 12.6. The molecule has 166 valence electrons. The van der Waals surface area contributed by atoms with Crippen molar-refractivity contribution in [3.05, 3.63) is 12.2 Å². The van der Waals surface area contributed by atoms with E-state index in [0.717, 1.165) is 4.90 Å². The Morgan fingerprint density at radius 1 is 1.17 bits per heavy atom. The molecule has 1 rings (SSSR count). The summed E-state index contributed by atoms with van der Waals surface area (Å²) in [6, 6.07) is -0.549. The van der Waals surface area contributed by atoms with Gasteiger partial charge in [-0.3, -0.25) is 34.2 Å². The van der Waals surface area contributed by atoms with Gasteiger partial charge in [-0.25, -0.2) is 0 Å². The van der Waals surface area contributed by atoms with Gasteiger partial charge in [0.2, 0.25) is 11.4 Å². The van der Waals surface area contributed by atoms with Crippen molar-refractivity contribution in [2.45, 2.75) is 58.1 Å². The number of rotatable bonds is 13. The number of hydrogen-bond donors (Lipinski definition) is 2. The largest absolute Gasteiger partial charge is 0.459 e. The summed E-state index contributed by atoms with van der Waals surface area (Å²) in [5.41, 5.74) is -0.787. The molecule has 2 N–H and O–H groups in total. The monoisotopic (exact) mass is 457 g/mol. The normalized spacial score (nSPS) is 14.8. The van der Waals surface area contributed by atoms with Gasteiger partial charge in [-0.2, -0.15) is 0 Å². The molecule has 1 aliphatic rings. The summed E-state index contributed by atoms with van der Waals surface area (Å²) in [5.74, 6) is -1.53. The highest BCUT2D eigenvalue weighted by molar-refractivity contribution is 8.03. The minimum atomic E-state index is -0.599. The highest BCUT2D eigenvalue weighted by Gasteiger charge is 2.23. The summed E-state index contributed by atoms with van der Waals surface area (Å²) in [6.45, 7) is 5.65. The topological polar surface area (TPSA) is 122 Å². The molecule has 0 aromatic carbocycles. The number of amides is 3. The van der Waals surface area contributed by atoms with Crippen LogP contribution in [0.25, 0.3) is 0 Å². The Morgan fingerprint density at radius 2 is 1.80 bits per heavy atom. The second-order valence-electron chi connectivity index (χ2n) is 7.71. The van der Waals surface area contributed by atoms with Crippen LogP contribution >= 0.6 is 7.36 Å². The van der Waals surface area contributed by atoms with Gasteiger partial charge in [-0.15, -0.1) is 0 Å². The molecule has 9 nitrogen and oxygen atoms in total. The smallest absolute Gasteiger partial charge is 0.320 e. The first-order valence-corrected chi connectivity index (χ1v) is 11.6. The number of nitrogens with one attached hydrogen (secondary N) is 2. The van der Waals surface area contributed by atoms with Crippen LogP contribution in [0.3, 0.4) is 0 Å². The molecule has 0 aliphatic carbocycles. The molecule has 0 bridgehead atoms. The van der Waals surface area contributed by atoms with Crippen LogP contribution in [0.4, 0.5) is 0 Å². The lowest BCUT2D eigenvalue weighted by atomic mass is 10.1. The van der Waals surface area contributed by atoms with E-state index >= 15 is 0 Å². The van der Waals surface area contributed by atoms with E-state index in [0.29, 0.717) is 25.8 Å². The number of imide groups is 1. The van der Waals surface area contributed by atoms with E-state index < -0.39 is 29.4 Å². The number of ether oxygens (including phenoxy) is 1. The standard InChI is InChI=1S/C19H28N3O6PS/c1-19(2,3)28-17(26)12-21-13(18(27)29-30)6-4-5-10-20-14(23)9-11-22-15(24)7-8-16(22)25/h7-8,13,21H,4-6,9-12H2,1-3H3,(H,20,23)/t13-/m0/s1. The molecule has 1 heterocycles. The molecule has 0 saturated heterocycles. The molecular formula is C19H28N3O6PS. The third-order valence-corrected chi connectivity index (χ3v) is 5.04. The number of hydrogen-bond acceptors (Lipinski definition) is 8. The fourth-order valence-corrected chi connectivity index (χ4v) is 3.34. The van der Waals surface area contributed by atoms with Gasteiger partial charge in [0.05, 0.1) is 19.9 Å². The van der Waals surface area contributed by atoms with E-state index in [-0.39, 0.29) is 38.3 Å². The van der Waals surface area contributed by atoms with Crippen LogP contribution in [0.2, 0.25) is 0 Å². The van der Waals surface area contributed by atoms with Crippen LogP contribution in [0.5, 0.6) is 0 Å². The van der Waals surface area contributed by atoms with Crippen molar-refractivity contribution in [2.24, 2.45) is 0 Å². The summed E-state index contributed by atoms with van der Waals surface area (Å²) >= 11 is 4.80. The van der Waals surface area contributed by atoms with Gasteiger partial charge in [0.15, 0.2) is 0 Å². The molecular weight excluding hydrogens is 429 g/mol. The molecule has 0 unspecified atom stereocenters. The van der Waals surface area contributed by atoms with Crippen molar-refractivity contribution in [2.75, 3.05) is 19.6 Å². The Morgan fingerprint density at radius 3 is 2.37 bits per heavy atom. The van der Waals surface area contributed by atoms with Gasteiger partial charge in [-0.05, 0) is 51.8 Å². The third kappa shape index (κ3) is 10.1. The van der Waals surface area contributed by atoms with Gasteiger partial charge in [0, 0.05) is 31.7 Å². The average molecular weight is 457 g/mol. The van der Waals surface area contributed by atoms with E-state index in [4.69, 9.17) is 16.5 Å². The van der Waals surface area contributed by atoms with Gasteiger partial charge in [0.1, 0.15) is 5.60 Å². The Bertz CT molecular complexity index is 702. The zero-order valence-electron chi connectivity index (χ0n) is 17.4. The lowest BCUT2D eigenvalue weighted by molar-refractivity contribution is -0.153. The summed E-state index contributed by atoms with van der Waals surface area (Å²) in [6.07, 6.45) is 4.13. The number of nitrogens with zero attached hydrogens (tertiary/aromatic N) is 1. The molecule has 0 saturated carbocycles. The summed E-state index contributed by atoms with van der Waals surface area (Å²) in [5, 5.41) is 5.61. The molecule has 0 fully saturated rings. The van der Waals surface area contributed by atoms with Crippen molar-refractivity contribution < 1.29 is 28.7 Å². The molecule has 0 aromatic heterocycles. The quantitative estimate of drug-likeness (QED) is 0.180. The van der Waals surface area contributed by atoms with E-state index in [1.54, 1.807) is 20.8 Å². The van der Waals surface area contributed by atoms with Crippen LogP contribution in [-0.4, -0.2) is 65.4 Å². The Balaban J connectivity index is 2.26. The fourth-order valence-electron chi connectivity index (χ4n) is 2.62. The maximum Gasteiger partial charge on any atom is 0.320 e. The maximum atomic E-state index is 12.0. The minimum absolute atomic E-state index is 0.0343. The zero-order chi connectivity index (χ0) is 22.7. The highest BCUT2D eigenvalue weighted by Crippen LogP contribution is 2.10. The van der Waals surface area contributed by atoms with Crippen molar-refractivity contribution in [1.82, 2.24) is 15.5 Å². The Hall–Kier alpha value is -2.03. The molecule has 1 atom stereocenters. The van der Waals surface area contributed by atoms with Crippen LogP contribution in [0, 0.1) is 0 Å². The van der Waals surface area contributed by atoms with Gasteiger partial charge in [0.25, 0.3) is 11.8 Å². The Kier molecular flexibility index (Phi) is 10.9. The first-order chi connectivity index (χ1) is 14.0. The van der Waals surface area contributed by atoms with E-state index in [2.05, 4.69) is 10.6 Å². The van der Waals surface area contributed by atoms with E-state index in [1.807, 2.05) is 0 Å². The van der Waals surface area contributed by atoms with Crippen LogP contribution < -0.4 is 10.6 Å². The van der Waals surface area contributed by atoms with Gasteiger partial charge < -0.3 is 10.1 Å². The number of carbonyl (C=O) groups is 5. The molecule has 30 heavy (non-hydrogen) atoms. The summed E-state index contributed by atoms with van der Waals surface area (Å²) in [4.78, 5) is 59.5. The zero-order valence-corrected chi connectivity index (χ0v) is 19.1. The second-order valence-corrected chi connectivity index (χ2v) is 8.88. The van der Waals surface area contributed by atoms with Crippen molar-refractivity contribution in [3.8, 4) is 0 Å². The number of esters is 1. The minimum Gasteiger partial charge on any atom is -0.459 e. The van der Waals surface area contributed by atoms with Crippen LogP contribution in [0.1, 0.15) is 46.5 Å². The molecule has 3 amide bonds. The van der Waals surface area contributed by atoms with Gasteiger partial charge in [-0.1, -0.05) is 0 Å². The summed E-state index contributed by atoms with van der Waals surface area (Å²) < 4.78 is 5.21. The molecule has 1 aliphatic heterocycles. The van der Waals surface area contributed by atoms with Crippen LogP contribution in [0.15, 0.2) is 12.2 Å². The Labute approximate surface area is 182 Å². The first kappa shape index (κ1) is 26.0. The summed E-state index contributed by atoms with van der Waals surface area (Å²) in [7, 11) is 0.193.